The van der Waals surface area contributed by atoms with Crippen LogP contribution in [0.15, 0.2) is 42.5 Å². The summed E-state index contributed by atoms with van der Waals surface area (Å²) in [6.45, 7) is 0.134. The van der Waals surface area contributed by atoms with Gasteiger partial charge in [-0.15, -0.1) is 0 Å². The van der Waals surface area contributed by atoms with Gasteiger partial charge in [0, 0.05) is 17.4 Å². The highest BCUT2D eigenvalue weighted by Crippen LogP contribution is 2.20. The molecule has 2 rings (SSSR count). The van der Waals surface area contributed by atoms with Crippen LogP contribution in [0.3, 0.4) is 0 Å². The molecule has 0 unspecified atom stereocenters. The minimum absolute atomic E-state index is 0.0294. The molecule has 0 spiro atoms. The molecule has 0 aliphatic rings. The number of benzene rings is 2. The first-order chi connectivity index (χ1) is 10.0. The fraction of sp³-hybridized carbons (Fsp3) is 0.133. The molecule has 1 amide bonds. The molecule has 0 aliphatic heterocycles. The second-order valence-electron chi connectivity index (χ2n) is 4.35. The first-order valence-corrected chi connectivity index (χ1v) is 6.65. The summed E-state index contributed by atoms with van der Waals surface area (Å²) in [4.78, 5) is 11.7. The third-order valence-corrected chi connectivity index (χ3v) is 2.97. The van der Waals surface area contributed by atoms with E-state index in [0.717, 1.165) is 0 Å². The summed E-state index contributed by atoms with van der Waals surface area (Å²) in [7, 11) is 0. The highest BCUT2D eigenvalue weighted by molar-refractivity contribution is 6.30. The monoisotopic (exact) mass is 308 g/mol. The van der Waals surface area contributed by atoms with E-state index in [2.05, 4.69) is 5.32 Å². The molecule has 0 radical (unpaired) electrons. The largest absolute Gasteiger partial charge is 0.493 e. The van der Waals surface area contributed by atoms with Crippen LogP contribution in [0.4, 0.5) is 15.8 Å². The van der Waals surface area contributed by atoms with E-state index in [4.69, 9.17) is 22.1 Å². The third kappa shape index (κ3) is 4.65. The lowest BCUT2D eigenvalue weighted by atomic mass is 10.2. The van der Waals surface area contributed by atoms with Gasteiger partial charge in [0.1, 0.15) is 11.6 Å². The van der Waals surface area contributed by atoms with Crippen molar-refractivity contribution in [1.29, 1.82) is 0 Å². The van der Waals surface area contributed by atoms with Gasteiger partial charge >= 0.3 is 0 Å². The van der Waals surface area contributed by atoms with Crippen molar-refractivity contribution in [3.63, 3.8) is 0 Å². The first-order valence-electron chi connectivity index (χ1n) is 6.28. The van der Waals surface area contributed by atoms with Gasteiger partial charge in [0.15, 0.2) is 0 Å². The molecule has 110 valence electrons. The maximum Gasteiger partial charge on any atom is 0.227 e. The number of amides is 1. The van der Waals surface area contributed by atoms with Crippen LogP contribution in [-0.4, -0.2) is 12.5 Å². The minimum atomic E-state index is -0.557. The molecule has 3 N–H and O–H groups in total. The number of nitrogens with two attached hydrogens (primary N) is 1. The van der Waals surface area contributed by atoms with Gasteiger partial charge in [-0.3, -0.25) is 4.79 Å². The number of ether oxygens (including phenoxy) is 1. The van der Waals surface area contributed by atoms with Crippen molar-refractivity contribution in [2.45, 2.75) is 6.42 Å². The normalized spacial score (nSPS) is 10.2. The van der Waals surface area contributed by atoms with Crippen molar-refractivity contribution >= 4 is 28.9 Å². The molecule has 21 heavy (non-hydrogen) atoms. The van der Waals surface area contributed by atoms with Gasteiger partial charge in [0.25, 0.3) is 0 Å². The van der Waals surface area contributed by atoms with Crippen LogP contribution < -0.4 is 15.8 Å². The lowest BCUT2D eigenvalue weighted by molar-refractivity contribution is -0.116. The summed E-state index contributed by atoms with van der Waals surface area (Å²) >= 11 is 5.56. The van der Waals surface area contributed by atoms with Crippen LogP contribution >= 0.6 is 11.6 Å². The second kappa shape index (κ2) is 6.95. The summed E-state index contributed by atoms with van der Waals surface area (Å²) < 4.78 is 18.5. The number of hydrogen-bond donors (Lipinski definition) is 2. The van der Waals surface area contributed by atoms with E-state index in [9.17, 15) is 9.18 Å². The Morgan fingerprint density at radius 1 is 1.29 bits per heavy atom. The molecule has 2 aromatic rings. The van der Waals surface area contributed by atoms with Crippen molar-refractivity contribution in [2.24, 2.45) is 0 Å². The number of nitrogens with one attached hydrogen (secondary N) is 1. The summed E-state index contributed by atoms with van der Waals surface area (Å²) in [5.41, 5.74) is 6.81. The molecule has 0 aromatic heterocycles. The molecule has 0 bridgehead atoms. The maximum absolute atomic E-state index is 13.2. The van der Waals surface area contributed by atoms with E-state index in [1.165, 1.54) is 12.1 Å². The van der Waals surface area contributed by atoms with E-state index in [0.29, 0.717) is 17.1 Å². The Morgan fingerprint density at radius 3 is 2.81 bits per heavy atom. The summed E-state index contributed by atoms with van der Waals surface area (Å²) in [6.07, 6.45) is 0.138. The van der Waals surface area contributed by atoms with Gasteiger partial charge in [-0.05, 0) is 30.3 Å². The predicted octanol–water partition coefficient (Wildman–Crippen LogP) is 3.47. The number of carbonyl (C=O) groups is 1. The van der Waals surface area contributed by atoms with E-state index >= 15 is 0 Å². The molecule has 0 fully saturated rings. The maximum atomic E-state index is 13.2. The number of rotatable bonds is 5. The molecule has 0 saturated heterocycles. The summed E-state index contributed by atoms with van der Waals surface area (Å²) in [6, 6.07) is 11.0. The van der Waals surface area contributed by atoms with Crippen LogP contribution in [0.25, 0.3) is 0 Å². The van der Waals surface area contributed by atoms with Crippen molar-refractivity contribution in [1.82, 2.24) is 0 Å². The topological polar surface area (TPSA) is 64.3 Å². The molecular formula is C15H14ClFN2O2. The lowest BCUT2D eigenvalue weighted by Crippen LogP contribution is -2.15. The van der Waals surface area contributed by atoms with Gasteiger partial charge < -0.3 is 15.8 Å². The van der Waals surface area contributed by atoms with Crippen molar-refractivity contribution in [2.75, 3.05) is 17.7 Å². The molecule has 0 heterocycles. The minimum Gasteiger partial charge on any atom is -0.493 e. The van der Waals surface area contributed by atoms with E-state index < -0.39 is 5.82 Å². The SMILES string of the molecule is Nc1cccc(NC(=O)CCOc2ccc(Cl)c(F)c2)c1. The summed E-state index contributed by atoms with van der Waals surface area (Å²) in [5, 5.41) is 2.72. The fourth-order valence-corrected chi connectivity index (χ4v) is 1.79. The van der Waals surface area contributed by atoms with Gasteiger partial charge in [-0.1, -0.05) is 17.7 Å². The number of carbonyl (C=O) groups excluding carboxylic acids is 1. The molecule has 4 nitrogen and oxygen atoms in total. The Bertz CT molecular complexity index is 649. The van der Waals surface area contributed by atoms with Gasteiger partial charge in [-0.25, -0.2) is 4.39 Å². The van der Waals surface area contributed by atoms with E-state index in [1.54, 1.807) is 30.3 Å². The predicted molar refractivity (Wildman–Crippen MR) is 81.0 cm³/mol. The molecule has 2 aromatic carbocycles. The quantitative estimate of drug-likeness (QED) is 0.831. The Kier molecular flexibility index (Phi) is 5.00. The van der Waals surface area contributed by atoms with Gasteiger partial charge in [0.05, 0.1) is 18.1 Å². The third-order valence-electron chi connectivity index (χ3n) is 2.66. The van der Waals surface area contributed by atoms with Crippen LogP contribution in [0.2, 0.25) is 5.02 Å². The Hall–Kier alpha value is -2.27. The van der Waals surface area contributed by atoms with Crippen LogP contribution in [0.5, 0.6) is 5.75 Å². The zero-order chi connectivity index (χ0) is 15.2. The average molecular weight is 309 g/mol. The smallest absolute Gasteiger partial charge is 0.227 e. The number of halogens is 2. The lowest BCUT2D eigenvalue weighted by Gasteiger charge is -2.08. The van der Waals surface area contributed by atoms with Crippen molar-refractivity contribution < 1.29 is 13.9 Å². The molecular weight excluding hydrogens is 295 g/mol. The first kappa shape index (κ1) is 15.1. The Morgan fingerprint density at radius 2 is 2.10 bits per heavy atom. The van der Waals surface area contributed by atoms with Crippen molar-refractivity contribution in [3.05, 3.63) is 53.3 Å². The average Bonchev–Trinajstić information content (AvgIpc) is 2.43. The molecule has 0 aliphatic carbocycles. The van der Waals surface area contributed by atoms with Gasteiger partial charge in [-0.2, -0.15) is 0 Å². The van der Waals surface area contributed by atoms with E-state index in [-0.39, 0.29) is 24.0 Å². The molecule has 0 atom stereocenters. The number of anilines is 2. The second-order valence-corrected chi connectivity index (χ2v) is 4.76. The highest BCUT2D eigenvalue weighted by Gasteiger charge is 2.05. The zero-order valence-corrected chi connectivity index (χ0v) is 11.9. The Balaban J connectivity index is 1.80. The highest BCUT2D eigenvalue weighted by atomic mass is 35.5. The van der Waals surface area contributed by atoms with Gasteiger partial charge in [0.2, 0.25) is 5.91 Å². The van der Waals surface area contributed by atoms with Crippen LogP contribution in [0, 0.1) is 5.82 Å². The van der Waals surface area contributed by atoms with Crippen LogP contribution in [0.1, 0.15) is 6.42 Å². The number of hydrogen-bond acceptors (Lipinski definition) is 3. The van der Waals surface area contributed by atoms with Crippen molar-refractivity contribution in [3.8, 4) is 5.75 Å². The number of nitrogen functional groups attached to an aromatic ring is 1. The molecule has 0 saturated carbocycles. The fourth-order valence-electron chi connectivity index (χ4n) is 1.67. The molecule has 6 heteroatoms. The zero-order valence-electron chi connectivity index (χ0n) is 11.1. The Labute approximate surface area is 126 Å². The standard InChI is InChI=1S/C15H14ClFN2O2/c16-13-5-4-12(9-14(13)17)21-7-6-15(20)19-11-3-1-2-10(18)8-11/h1-5,8-9H,6-7,18H2,(H,19,20). The van der Waals surface area contributed by atoms with E-state index in [1.807, 2.05) is 0 Å². The van der Waals surface area contributed by atoms with Crippen LogP contribution in [-0.2, 0) is 4.79 Å². The summed E-state index contributed by atoms with van der Waals surface area (Å²) in [5.74, 6) is -0.443.